The Bertz CT molecular complexity index is 698. The van der Waals surface area contributed by atoms with E-state index in [2.05, 4.69) is 55.5 Å². The molecule has 0 bridgehead atoms. The van der Waals surface area contributed by atoms with Gasteiger partial charge in [-0.05, 0) is 42.7 Å². The molecular formula is C20H26BrIN4. The molecule has 1 heterocycles. The van der Waals surface area contributed by atoms with Gasteiger partial charge in [0.05, 0.1) is 6.54 Å². The molecule has 6 heteroatoms. The van der Waals surface area contributed by atoms with Crippen molar-refractivity contribution < 1.29 is 0 Å². The van der Waals surface area contributed by atoms with Crippen molar-refractivity contribution in [3.05, 3.63) is 64.4 Å². The lowest BCUT2D eigenvalue weighted by atomic mass is 9.79. The van der Waals surface area contributed by atoms with E-state index in [1.54, 1.807) is 0 Å². The molecule has 1 aliphatic rings. The fourth-order valence-corrected chi connectivity index (χ4v) is 3.81. The highest BCUT2D eigenvalue weighted by atomic mass is 127. The molecular weight excluding hydrogens is 503 g/mol. The van der Waals surface area contributed by atoms with Crippen LogP contribution in [0.1, 0.15) is 36.9 Å². The number of halogens is 2. The third-order valence-electron chi connectivity index (χ3n) is 4.98. The van der Waals surface area contributed by atoms with Gasteiger partial charge in [-0.3, -0.25) is 9.98 Å². The third-order valence-corrected chi connectivity index (χ3v) is 5.51. The number of hydrogen-bond donors (Lipinski definition) is 2. The molecule has 1 aromatic carbocycles. The maximum Gasteiger partial charge on any atom is 0.188 e. The summed E-state index contributed by atoms with van der Waals surface area (Å²) in [5, 5.41) is 3.21. The van der Waals surface area contributed by atoms with Gasteiger partial charge in [0.1, 0.15) is 0 Å². The van der Waals surface area contributed by atoms with Crippen LogP contribution >= 0.6 is 39.9 Å². The van der Waals surface area contributed by atoms with Crippen LogP contribution in [0, 0.1) is 0 Å². The number of rotatable bonds is 6. The molecule has 0 aliphatic heterocycles. The van der Waals surface area contributed by atoms with E-state index in [9.17, 15) is 0 Å². The van der Waals surface area contributed by atoms with Crippen LogP contribution in [-0.2, 0) is 11.8 Å². The quantitative estimate of drug-likeness (QED) is 0.331. The molecule has 2 aromatic rings. The van der Waals surface area contributed by atoms with Gasteiger partial charge in [0.2, 0.25) is 0 Å². The van der Waals surface area contributed by atoms with Crippen LogP contribution in [0.2, 0.25) is 0 Å². The average Bonchev–Trinajstić information content (AvgIpc) is 3.12. The first kappa shape index (κ1) is 21.2. The summed E-state index contributed by atoms with van der Waals surface area (Å²) in [5.74, 6) is 0.527. The largest absolute Gasteiger partial charge is 0.370 e. The van der Waals surface area contributed by atoms with E-state index in [0.717, 1.165) is 29.7 Å². The number of nitrogens with two attached hydrogens (primary N) is 1. The standard InChI is InChI=1S/C20H25BrN4.HI/c21-17-8-6-16(7-9-17)20(11-2-3-12-20)15-25-19(22)24-14-10-18-5-1-4-13-23-18;/h1,4-9,13H,2-3,10-12,14-15H2,(H3,22,24,25);1H. The molecule has 4 nitrogen and oxygen atoms in total. The fraction of sp³-hybridized carbons (Fsp3) is 0.400. The lowest BCUT2D eigenvalue weighted by Crippen LogP contribution is -2.35. The molecule has 0 saturated heterocycles. The van der Waals surface area contributed by atoms with Crippen molar-refractivity contribution >= 4 is 45.9 Å². The Morgan fingerprint density at radius 2 is 1.88 bits per heavy atom. The van der Waals surface area contributed by atoms with Gasteiger partial charge in [-0.25, -0.2) is 0 Å². The highest BCUT2D eigenvalue weighted by Crippen LogP contribution is 2.41. The lowest BCUT2D eigenvalue weighted by molar-refractivity contribution is 0.453. The smallest absolute Gasteiger partial charge is 0.188 e. The highest BCUT2D eigenvalue weighted by Gasteiger charge is 2.35. The van der Waals surface area contributed by atoms with Crippen LogP contribution in [0.3, 0.4) is 0 Å². The Hall–Kier alpha value is -1.15. The van der Waals surface area contributed by atoms with Gasteiger partial charge < -0.3 is 11.1 Å². The zero-order valence-corrected chi connectivity index (χ0v) is 18.7. The van der Waals surface area contributed by atoms with E-state index in [1.807, 2.05) is 24.4 Å². The molecule has 26 heavy (non-hydrogen) atoms. The SMILES string of the molecule is I.NC(=NCC1(c2ccc(Br)cc2)CCCC1)NCCc1ccccn1. The lowest BCUT2D eigenvalue weighted by Gasteiger charge is -2.28. The molecule has 3 N–H and O–H groups in total. The van der Waals surface area contributed by atoms with E-state index in [-0.39, 0.29) is 29.4 Å². The summed E-state index contributed by atoms with van der Waals surface area (Å²) in [6.07, 6.45) is 7.54. The number of pyridine rings is 1. The van der Waals surface area contributed by atoms with Crippen molar-refractivity contribution in [3.63, 3.8) is 0 Å². The van der Waals surface area contributed by atoms with Crippen molar-refractivity contribution in [1.82, 2.24) is 10.3 Å². The summed E-state index contributed by atoms with van der Waals surface area (Å²) in [6.45, 7) is 1.49. The zero-order chi connectivity index (χ0) is 17.5. The van der Waals surface area contributed by atoms with Gasteiger partial charge in [0.15, 0.2) is 5.96 Å². The van der Waals surface area contributed by atoms with Crippen LogP contribution in [0.4, 0.5) is 0 Å². The molecule has 1 saturated carbocycles. The van der Waals surface area contributed by atoms with Crippen molar-refractivity contribution in [1.29, 1.82) is 0 Å². The average molecular weight is 529 g/mol. The molecule has 0 radical (unpaired) electrons. The summed E-state index contributed by atoms with van der Waals surface area (Å²) in [7, 11) is 0. The number of aromatic nitrogens is 1. The summed E-state index contributed by atoms with van der Waals surface area (Å²) in [4.78, 5) is 8.98. The molecule has 0 amide bonds. The molecule has 0 spiro atoms. The second-order valence-electron chi connectivity index (χ2n) is 6.69. The summed E-state index contributed by atoms with van der Waals surface area (Å²) in [5.41, 5.74) is 8.65. The molecule has 1 fully saturated rings. The van der Waals surface area contributed by atoms with Crippen LogP contribution in [0.25, 0.3) is 0 Å². The molecule has 1 aromatic heterocycles. The minimum Gasteiger partial charge on any atom is -0.370 e. The third kappa shape index (κ3) is 5.67. The van der Waals surface area contributed by atoms with Crippen LogP contribution < -0.4 is 11.1 Å². The Morgan fingerprint density at radius 1 is 1.15 bits per heavy atom. The molecule has 0 unspecified atom stereocenters. The normalized spacial score (nSPS) is 16.1. The Morgan fingerprint density at radius 3 is 2.54 bits per heavy atom. The Kier molecular flexibility index (Phi) is 8.34. The topological polar surface area (TPSA) is 63.3 Å². The number of guanidine groups is 1. The minimum atomic E-state index is 0. The van der Waals surface area contributed by atoms with Crippen LogP contribution in [0.15, 0.2) is 58.1 Å². The minimum absolute atomic E-state index is 0. The summed E-state index contributed by atoms with van der Waals surface area (Å²) < 4.78 is 1.11. The van der Waals surface area contributed by atoms with Gasteiger partial charge in [-0.2, -0.15) is 0 Å². The predicted octanol–water partition coefficient (Wildman–Crippen LogP) is 4.42. The van der Waals surface area contributed by atoms with Gasteiger partial charge in [0, 0.05) is 34.7 Å². The second kappa shape index (κ2) is 10.3. The summed E-state index contributed by atoms with van der Waals surface area (Å²) >= 11 is 3.52. The first-order valence-corrected chi connectivity index (χ1v) is 9.67. The van der Waals surface area contributed by atoms with Crippen LogP contribution in [0.5, 0.6) is 0 Å². The Labute approximate surface area is 181 Å². The van der Waals surface area contributed by atoms with E-state index >= 15 is 0 Å². The van der Waals surface area contributed by atoms with Gasteiger partial charge in [-0.1, -0.05) is 47.0 Å². The van der Waals surface area contributed by atoms with Gasteiger partial charge in [0.25, 0.3) is 0 Å². The number of hydrogen-bond acceptors (Lipinski definition) is 2. The highest BCUT2D eigenvalue weighted by molar-refractivity contribution is 14.0. The molecule has 140 valence electrons. The maximum atomic E-state index is 6.09. The molecule has 0 atom stereocenters. The summed E-state index contributed by atoms with van der Waals surface area (Å²) in [6, 6.07) is 14.6. The van der Waals surface area contributed by atoms with Crippen molar-refractivity contribution in [2.75, 3.05) is 13.1 Å². The molecule has 3 rings (SSSR count). The fourth-order valence-electron chi connectivity index (χ4n) is 3.55. The van der Waals surface area contributed by atoms with Crippen molar-refractivity contribution in [2.45, 2.75) is 37.5 Å². The van der Waals surface area contributed by atoms with E-state index in [4.69, 9.17) is 5.73 Å². The zero-order valence-electron chi connectivity index (χ0n) is 14.8. The van der Waals surface area contributed by atoms with Crippen molar-refractivity contribution in [3.8, 4) is 0 Å². The van der Waals surface area contributed by atoms with E-state index in [0.29, 0.717) is 5.96 Å². The maximum absolute atomic E-state index is 6.09. The van der Waals surface area contributed by atoms with Gasteiger partial charge >= 0.3 is 0 Å². The predicted molar refractivity (Wildman–Crippen MR) is 122 cm³/mol. The Balaban J connectivity index is 0.00000243. The van der Waals surface area contributed by atoms with Crippen molar-refractivity contribution in [2.24, 2.45) is 10.7 Å². The first-order chi connectivity index (χ1) is 12.2. The monoisotopic (exact) mass is 528 g/mol. The number of benzene rings is 1. The second-order valence-corrected chi connectivity index (χ2v) is 7.61. The van der Waals surface area contributed by atoms with Gasteiger partial charge in [-0.15, -0.1) is 24.0 Å². The van der Waals surface area contributed by atoms with E-state index in [1.165, 1.54) is 31.2 Å². The number of aliphatic imine (C=N–C) groups is 1. The molecule has 1 aliphatic carbocycles. The number of nitrogens with one attached hydrogen (secondary N) is 1. The first-order valence-electron chi connectivity index (χ1n) is 8.88. The van der Waals surface area contributed by atoms with Crippen LogP contribution in [-0.4, -0.2) is 24.0 Å². The number of nitrogens with zero attached hydrogens (tertiary/aromatic N) is 2. The van der Waals surface area contributed by atoms with E-state index < -0.39 is 0 Å².